The number of carbonyl (C=O) groups is 1. The number of hydrogen-bond acceptors (Lipinski definition) is 2. The highest BCUT2D eigenvalue weighted by molar-refractivity contribution is 5.75. The molecule has 138 valence electrons. The van der Waals surface area contributed by atoms with Crippen LogP contribution in [-0.2, 0) is 27.0 Å². The molecule has 1 aromatic carbocycles. The minimum Gasteiger partial charge on any atom is -0.481 e. The lowest BCUT2D eigenvalue weighted by Gasteiger charge is -2.53. The molecule has 25 heavy (non-hydrogen) atoms. The number of aliphatic carboxylic acids is 1. The maximum absolute atomic E-state index is 12.0. The van der Waals surface area contributed by atoms with E-state index in [4.69, 9.17) is 4.74 Å². The fourth-order valence-electron chi connectivity index (χ4n) is 5.57. The van der Waals surface area contributed by atoms with E-state index in [2.05, 4.69) is 39.0 Å². The lowest BCUT2D eigenvalue weighted by atomic mass is 9.50. The first-order chi connectivity index (χ1) is 11.6. The Kier molecular flexibility index (Phi) is 4.51. The van der Waals surface area contributed by atoms with Crippen LogP contribution < -0.4 is 0 Å². The molecule has 0 unspecified atom stereocenters. The van der Waals surface area contributed by atoms with Crippen LogP contribution in [0.3, 0.4) is 0 Å². The molecule has 3 rings (SSSR count). The molecular formula is C22H32O3. The minimum absolute atomic E-state index is 0.0345. The Labute approximate surface area is 151 Å². The molecule has 0 saturated heterocycles. The molecule has 3 atom stereocenters. The number of carboxylic acid groups (broad SMARTS) is 1. The minimum atomic E-state index is -0.624. The molecule has 2 aliphatic carbocycles. The molecule has 1 aromatic rings. The average Bonchev–Trinajstić information content (AvgIpc) is 2.54. The van der Waals surface area contributed by atoms with Crippen LogP contribution in [-0.4, -0.2) is 17.7 Å². The van der Waals surface area contributed by atoms with Gasteiger partial charge in [0.05, 0.1) is 11.0 Å². The first kappa shape index (κ1) is 18.4. The van der Waals surface area contributed by atoms with Gasteiger partial charge in [0.25, 0.3) is 0 Å². The Morgan fingerprint density at radius 2 is 2.04 bits per heavy atom. The zero-order chi connectivity index (χ0) is 18.5. The van der Waals surface area contributed by atoms with Crippen LogP contribution in [0.2, 0.25) is 0 Å². The van der Waals surface area contributed by atoms with Gasteiger partial charge in [-0.2, -0.15) is 0 Å². The molecule has 0 heterocycles. The third-order valence-electron chi connectivity index (χ3n) is 7.04. The third kappa shape index (κ3) is 2.81. The Balaban J connectivity index is 2.03. The standard InChI is InChI=1S/C22H32O3/c1-6-25-20(2,3)16-9-10-17-15(14-16)8-11-18-21(17,4)12-7-13-22(18,5)19(23)24/h9-10,14,18H,6-8,11-13H2,1-5H3,(H,23,24)/t18-,21-,22-/m1/s1. The van der Waals surface area contributed by atoms with Gasteiger partial charge >= 0.3 is 5.97 Å². The monoisotopic (exact) mass is 344 g/mol. The molecule has 2 aliphatic rings. The van der Waals surface area contributed by atoms with Gasteiger partial charge in [0.15, 0.2) is 0 Å². The summed E-state index contributed by atoms with van der Waals surface area (Å²) < 4.78 is 5.93. The topological polar surface area (TPSA) is 46.5 Å². The predicted molar refractivity (Wildman–Crippen MR) is 99.9 cm³/mol. The largest absolute Gasteiger partial charge is 0.481 e. The van der Waals surface area contributed by atoms with Gasteiger partial charge in [0.2, 0.25) is 0 Å². The van der Waals surface area contributed by atoms with Crippen LogP contribution in [0.25, 0.3) is 0 Å². The molecule has 0 bridgehead atoms. The first-order valence-corrected chi connectivity index (χ1v) is 9.66. The summed E-state index contributed by atoms with van der Waals surface area (Å²) >= 11 is 0. The Morgan fingerprint density at radius 3 is 2.68 bits per heavy atom. The summed E-state index contributed by atoms with van der Waals surface area (Å²) in [7, 11) is 0. The summed E-state index contributed by atoms with van der Waals surface area (Å²) in [6.07, 6.45) is 4.80. The lowest BCUT2D eigenvalue weighted by Crippen LogP contribution is -2.52. The van der Waals surface area contributed by atoms with E-state index < -0.39 is 11.4 Å². The fourth-order valence-corrected chi connectivity index (χ4v) is 5.57. The zero-order valence-electron chi connectivity index (χ0n) is 16.3. The van der Waals surface area contributed by atoms with Crippen molar-refractivity contribution in [1.82, 2.24) is 0 Å². The van der Waals surface area contributed by atoms with Gasteiger partial charge in [-0.15, -0.1) is 0 Å². The van der Waals surface area contributed by atoms with Crippen molar-refractivity contribution in [2.24, 2.45) is 11.3 Å². The highest BCUT2D eigenvalue weighted by Gasteiger charge is 2.55. The second-order valence-corrected chi connectivity index (χ2v) is 8.90. The third-order valence-corrected chi connectivity index (χ3v) is 7.04. The predicted octanol–water partition coefficient (Wildman–Crippen LogP) is 5.05. The maximum Gasteiger partial charge on any atom is 0.309 e. The van der Waals surface area contributed by atoms with Crippen molar-refractivity contribution in [3.05, 3.63) is 34.9 Å². The molecule has 3 heteroatoms. The van der Waals surface area contributed by atoms with Crippen LogP contribution in [0.15, 0.2) is 18.2 Å². The van der Waals surface area contributed by atoms with E-state index >= 15 is 0 Å². The highest BCUT2D eigenvalue weighted by Crippen LogP contribution is 2.57. The number of ether oxygens (including phenoxy) is 1. The molecule has 1 saturated carbocycles. The number of carboxylic acids is 1. The Bertz CT molecular complexity index is 678. The van der Waals surface area contributed by atoms with Crippen molar-refractivity contribution in [3.8, 4) is 0 Å². The van der Waals surface area contributed by atoms with Crippen LogP contribution >= 0.6 is 0 Å². The van der Waals surface area contributed by atoms with E-state index in [1.807, 2.05) is 13.8 Å². The molecule has 0 spiro atoms. The second-order valence-electron chi connectivity index (χ2n) is 8.90. The summed E-state index contributed by atoms with van der Waals surface area (Å²) in [6.45, 7) is 11.2. The highest BCUT2D eigenvalue weighted by atomic mass is 16.5. The number of hydrogen-bond donors (Lipinski definition) is 1. The van der Waals surface area contributed by atoms with Crippen molar-refractivity contribution in [2.45, 2.75) is 77.7 Å². The quantitative estimate of drug-likeness (QED) is 0.831. The zero-order valence-corrected chi connectivity index (χ0v) is 16.3. The van der Waals surface area contributed by atoms with Crippen molar-refractivity contribution >= 4 is 5.97 Å². The van der Waals surface area contributed by atoms with E-state index in [0.717, 1.165) is 32.1 Å². The Hall–Kier alpha value is -1.35. The van der Waals surface area contributed by atoms with Crippen molar-refractivity contribution < 1.29 is 14.6 Å². The number of fused-ring (bicyclic) bond motifs is 3. The summed E-state index contributed by atoms with van der Waals surface area (Å²) in [6, 6.07) is 6.75. The second kappa shape index (κ2) is 6.12. The fraction of sp³-hybridized carbons (Fsp3) is 0.682. The molecular weight excluding hydrogens is 312 g/mol. The van der Waals surface area contributed by atoms with Gasteiger partial charge in [-0.1, -0.05) is 31.5 Å². The van der Waals surface area contributed by atoms with Crippen LogP contribution in [0.4, 0.5) is 0 Å². The van der Waals surface area contributed by atoms with Gasteiger partial charge < -0.3 is 9.84 Å². The summed E-state index contributed by atoms with van der Waals surface area (Å²) in [5, 5.41) is 9.89. The smallest absolute Gasteiger partial charge is 0.309 e. The van der Waals surface area contributed by atoms with Gasteiger partial charge in [-0.05, 0) is 81.4 Å². The summed E-state index contributed by atoms with van der Waals surface area (Å²) in [5.74, 6) is -0.412. The molecule has 0 amide bonds. The molecule has 0 aromatic heterocycles. The van der Waals surface area contributed by atoms with E-state index in [1.165, 1.54) is 16.7 Å². The lowest BCUT2D eigenvalue weighted by molar-refractivity contribution is -0.157. The van der Waals surface area contributed by atoms with Gasteiger partial charge in [0, 0.05) is 6.61 Å². The maximum atomic E-state index is 12.0. The van der Waals surface area contributed by atoms with E-state index in [-0.39, 0.29) is 16.9 Å². The molecule has 1 fully saturated rings. The SMILES string of the molecule is CCOC(C)(C)c1ccc2c(c1)CC[C@H]1[C@](C)(C(=O)O)CCC[C@]21C. The number of rotatable bonds is 4. The number of aryl methyl sites for hydroxylation is 1. The van der Waals surface area contributed by atoms with E-state index in [1.54, 1.807) is 0 Å². The van der Waals surface area contributed by atoms with Crippen LogP contribution in [0.5, 0.6) is 0 Å². The van der Waals surface area contributed by atoms with Gasteiger partial charge in [-0.25, -0.2) is 0 Å². The van der Waals surface area contributed by atoms with Gasteiger partial charge in [-0.3, -0.25) is 4.79 Å². The molecule has 0 radical (unpaired) electrons. The summed E-state index contributed by atoms with van der Waals surface area (Å²) in [5.41, 5.74) is 3.04. The van der Waals surface area contributed by atoms with Gasteiger partial charge in [0.1, 0.15) is 0 Å². The van der Waals surface area contributed by atoms with E-state index in [0.29, 0.717) is 6.61 Å². The average molecular weight is 344 g/mol. The molecule has 0 aliphatic heterocycles. The molecule has 3 nitrogen and oxygen atoms in total. The van der Waals surface area contributed by atoms with Crippen molar-refractivity contribution in [3.63, 3.8) is 0 Å². The summed E-state index contributed by atoms with van der Waals surface area (Å²) in [4.78, 5) is 12.0. The molecule has 1 N–H and O–H groups in total. The van der Waals surface area contributed by atoms with Crippen molar-refractivity contribution in [2.75, 3.05) is 6.61 Å². The first-order valence-electron chi connectivity index (χ1n) is 9.66. The Morgan fingerprint density at radius 1 is 1.32 bits per heavy atom. The van der Waals surface area contributed by atoms with E-state index in [9.17, 15) is 9.90 Å². The normalized spacial score (nSPS) is 32.0. The van der Waals surface area contributed by atoms with Crippen molar-refractivity contribution in [1.29, 1.82) is 0 Å². The van der Waals surface area contributed by atoms with Crippen LogP contribution in [0.1, 0.15) is 77.0 Å². The van der Waals surface area contributed by atoms with Crippen LogP contribution in [0, 0.1) is 11.3 Å². The number of benzene rings is 1.